The van der Waals surface area contributed by atoms with Crippen molar-refractivity contribution in [1.29, 1.82) is 0 Å². The van der Waals surface area contributed by atoms with Crippen molar-refractivity contribution < 1.29 is 4.74 Å². The smallest absolute Gasteiger partial charge is 0.193 e. The molecule has 0 spiro atoms. The number of ether oxygens (including phenoxy) is 1. The van der Waals surface area contributed by atoms with E-state index >= 15 is 0 Å². The Kier molecular flexibility index (Phi) is 6.35. The summed E-state index contributed by atoms with van der Waals surface area (Å²) in [5, 5.41) is 3.54. The molecule has 29 heavy (non-hydrogen) atoms. The number of likely N-dealkylation sites (tertiary alicyclic amines) is 1. The zero-order chi connectivity index (χ0) is 19.9. The average molecular weight is 391 g/mol. The van der Waals surface area contributed by atoms with Gasteiger partial charge in [0.2, 0.25) is 0 Å². The zero-order valence-corrected chi connectivity index (χ0v) is 17.1. The van der Waals surface area contributed by atoms with Gasteiger partial charge in [0.05, 0.1) is 0 Å². The van der Waals surface area contributed by atoms with Gasteiger partial charge in [0.15, 0.2) is 5.96 Å². The second-order valence-electron chi connectivity index (χ2n) is 7.56. The van der Waals surface area contributed by atoms with E-state index in [2.05, 4.69) is 56.5 Å². The number of anilines is 1. The van der Waals surface area contributed by atoms with E-state index in [0.29, 0.717) is 0 Å². The molecule has 152 valence electrons. The number of rotatable bonds is 5. The first-order chi connectivity index (χ1) is 14.3. The highest BCUT2D eigenvalue weighted by Crippen LogP contribution is 2.20. The fourth-order valence-corrected chi connectivity index (χ4v) is 3.94. The maximum absolute atomic E-state index is 6.11. The summed E-state index contributed by atoms with van der Waals surface area (Å²) >= 11 is 0. The number of guanidine groups is 1. The predicted molar refractivity (Wildman–Crippen MR) is 120 cm³/mol. The van der Waals surface area contributed by atoms with Crippen molar-refractivity contribution in [2.45, 2.75) is 25.5 Å². The molecule has 0 aromatic heterocycles. The van der Waals surface area contributed by atoms with E-state index < -0.39 is 0 Å². The maximum Gasteiger partial charge on any atom is 0.193 e. The van der Waals surface area contributed by atoms with Gasteiger partial charge in [0.1, 0.15) is 11.9 Å². The van der Waals surface area contributed by atoms with Crippen LogP contribution in [0.25, 0.3) is 0 Å². The number of hydrogen-bond acceptors (Lipinski definition) is 3. The van der Waals surface area contributed by atoms with Crippen LogP contribution in [0.2, 0.25) is 0 Å². The summed E-state index contributed by atoms with van der Waals surface area (Å²) in [5.74, 6) is 1.93. The van der Waals surface area contributed by atoms with Gasteiger partial charge in [-0.25, -0.2) is 0 Å². The van der Waals surface area contributed by atoms with Crippen molar-refractivity contribution in [1.82, 2.24) is 10.2 Å². The molecule has 5 heteroatoms. The second-order valence-corrected chi connectivity index (χ2v) is 7.56. The van der Waals surface area contributed by atoms with Crippen LogP contribution in [0.4, 0.5) is 5.69 Å². The fraction of sp³-hybridized carbons (Fsp3) is 0.375. The molecule has 0 saturated carbocycles. The first kappa shape index (κ1) is 19.4. The number of para-hydroxylation sites is 1. The van der Waals surface area contributed by atoms with Crippen LogP contribution >= 0.6 is 0 Å². The summed E-state index contributed by atoms with van der Waals surface area (Å²) in [6.45, 7) is 4.69. The molecule has 2 aromatic rings. The monoisotopic (exact) mass is 390 g/mol. The lowest BCUT2D eigenvalue weighted by Gasteiger charge is -2.34. The molecule has 0 aliphatic carbocycles. The summed E-state index contributed by atoms with van der Waals surface area (Å²) in [6, 6.07) is 18.9. The summed E-state index contributed by atoms with van der Waals surface area (Å²) < 4.78 is 6.11. The molecule has 1 fully saturated rings. The van der Waals surface area contributed by atoms with Gasteiger partial charge in [0, 0.05) is 58.3 Å². The number of hydrogen-bond donors (Lipinski definition) is 1. The van der Waals surface area contributed by atoms with Crippen molar-refractivity contribution in [3.63, 3.8) is 0 Å². The lowest BCUT2D eigenvalue weighted by molar-refractivity contribution is 0.129. The fourth-order valence-electron chi connectivity index (χ4n) is 3.94. The Labute approximate surface area is 173 Å². The van der Waals surface area contributed by atoms with Crippen molar-refractivity contribution in [2.75, 3.05) is 38.1 Å². The van der Waals surface area contributed by atoms with E-state index in [9.17, 15) is 0 Å². The minimum Gasteiger partial charge on any atom is -0.490 e. The van der Waals surface area contributed by atoms with Crippen LogP contribution in [0, 0.1) is 0 Å². The Morgan fingerprint density at radius 2 is 1.79 bits per heavy atom. The van der Waals surface area contributed by atoms with Gasteiger partial charge >= 0.3 is 0 Å². The Hall–Kier alpha value is -2.95. The molecule has 0 amide bonds. The normalized spacial score (nSPS) is 17.6. The molecule has 2 aliphatic heterocycles. The van der Waals surface area contributed by atoms with Gasteiger partial charge in [-0.1, -0.05) is 42.5 Å². The molecular weight excluding hydrogens is 360 g/mol. The minimum atomic E-state index is 0.275. The van der Waals surface area contributed by atoms with E-state index in [1.807, 2.05) is 37.4 Å². The Morgan fingerprint density at radius 1 is 1.03 bits per heavy atom. The molecule has 0 radical (unpaired) electrons. The molecule has 5 nitrogen and oxygen atoms in total. The largest absolute Gasteiger partial charge is 0.490 e. The molecule has 1 saturated heterocycles. The molecular formula is C24H30N4O. The third-order valence-electron chi connectivity index (χ3n) is 5.54. The van der Waals surface area contributed by atoms with E-state index in [1.165, 1.54) is 11.3 Å². The molecule has 1 N–H and O–H groups in total. The Morgan fingerprint density at radius 3 is 2.52 bits per heavy atom. The zero-order valence-electron chi connectivity index (χ0n) is 17.1. The predicted octanol–water partition coefficient (Wildman–Crippen LogP) is 3.68. The second kappa shape index (κ2) is 9.50. The number of nitrogens with one attached hydrogen (secondary N) is 1. The number of benzene rings is 2. The average Bonchev–Trinajstić information content (AvgIpc) is 3.31. The van der Waals surface area contributed by atoms with Crippen molar-refractivity contribution in [2.24, 2.45) is 4.99 Å². The Balaban J connectivity index is 1.27. The highest BCUT2D eigenvalue weighted by atomic mass is 16.5. The van der Waals surface area contributed by atoms with Gasteiger partial charge in [0.25, 0.3) is 0 Å². The minimum absolute atomic E-state index is 0.275. The molecule has 2 aromatic carbocycles. The summed E-state index contributed by atoms with van der Waals surface area (Å²) in [4.78, 5) is 9.21. The molecule has 0 unspecified atom stereocenters. The molecule has 2 heterocycles. The van der Waals surface area contributed by atoms with Crippen LogP contribution in [-0.2, 0) is 6.54 Å². The number of aliphatic imine (C=N–C) groups is 1. The summed E-state index contributed by atoms with van der Waals surface area (Å²) in [6.07, 6.45) is 6.73. The molecule has 2 aliphatic rings. The summed E-state index contributed by atoms with van der Waals surface area (Å²) in [7, 11) is 1.86. The first-order valence-electron chi connectivity index (χ1n) is 10.5. The Bertz CT molecular complexity index is 833. The van der Waals surface area contributed by atoms with Crippen molar-refractivity contribution in [3.8, 4) is 5.75 Å². The van der Waals surface area contributed by atoms with E-state index in [4.69, 9.17) is 4.74 Å². The van der Waals surface area contributed by atoms with Gasteiger partial charge in [-0.2, -0.15) is 0 Å². The highest BCUT2D eigenvalue weighted by Gasteiger charge is 2.22. The first-order valence-corrected chi connectivity index (χ1v) is 10.5. The molecule has 0 atom stereocenters. The third kappa shape index (κ3) is 5.11. The van der Waals surface area contributed by atoms with Crippen molar-refractivity contribution >= 4 is 11.6 Å². The van der Waals surface area contributed by atoms with Gasteiger partial charge in [-0.05, 0) is 29.8 Å². The van der Waals surface area contributed by atoms with E-state index in [-0.39, 0.29) is 6.10 Å². The number of nitrogens with zero attached hydrogens (tertiary/aromatic N) is 3. The maximum atomic E-state index is 6.11. The lowest BCUT2D eigenvalue weighted by atomic mass is 10.1. The standard InChI is InChI=1S/C24H30N4O/c1-25-24(26-19-20-8-7-9-21(18-20)27-14-5-6-15-27)28-16-12-23(13-17-28)29-22-10-3-2-4-11-22/h2-11,18,23H,12-17,19H2,1H3,(H,25,26). The third-order valence-corrected chi connectivity index (χ3v) is 5.54. The highest BCUT2D eigenvalue weighted by molar-refractivity contribution is 5.80. The quantitative estimate of drug-likeness (QED) is 0.480. The van der Waals surface area contributed by atoms with Crippen LogP contribution in [0.5, 0.6) is 5.75 Å². The van der Waals surface area contributed by atoms with Gasteiger partial charge in [-0.15, -0.1) is 0 Å². The van der Waals surface area contributed by atoms with Crippen molar-refractivity contribution in [3.05, 3.63) is 72.3 Å². The SMILES string of the molecule is CN=C(NCc1cccc(N2CC=CC2)c1)N1CCC(Oc2ccccc2)CC1. The number of piperidine rings is 1. The summed E-state index contributed by atoms with van der Waals surface area (Å²) in [5.41, 5.74) is 2.56. The van der Waals surface area contributed by atoms with Crippen LogP contribution in [-0.4, -0.2) is 50.2 Å². The lowest BCUT2D eigenvalue weighted by Crippen LogP contribution is -2.47. The van der Waals surface area contributed by atoms with Crippen LogP contribution in [0.15, 0.2) is 71.7 Å². The van der Waals surface area contributed by atoms with Crippen LogP contribution < -0.4 is 15.0 Å². The van der Waals surface area contributed by atoms with Crippen LogP contribution in [0.1, 0.15) is 18.4 Å². The van der Waals surface area contributed by atoms with Crippen LogP contribution in [0.3, 0.4) is 0 Å². The molecule has 4 rings (SSSR count). The van der Waals surface area contributed by atoms with Gasteiger partial charge < -0.3 is 19.9 Å². The van der Waals surface area contributed by atoms with E-state index in [1.54, 1.807) is 0 Å². The van der Waals surface area contributed by atoms with Gasteiger partial charge in [-0.3, -0.25) is 4.99 Å². The molecule has 0 bridgehead atoms. The topological polar surface area (TPSA) is 40.1 Å². The van der Waals surface area contributed by atoms with E-state index in [0.717, 1.165) is 57.3 Å².